The Kier molecular flexibility index (Phi) is 6.10. The standard InChI is InChI=1S/C16H26N4O2S/c1-16(2,3)22-15(21)20-10-6-5-7-12(20)11-18-13-8-9-17-14(19-13)23-4/h8-9,12H,5-7,10-11H2,1-4H3,(H,17,18,19)/t12-/m1/s1. The fourth-order valence-electron chi connectivity index (χ4n) is 2.53. The van der Waals surface area contributed by atoms with Gasteiger partial charge in [0.2, 0.25) is 0 Å². The number of carbonyl (C=O) groups is 1. The van der Waals surface area contributed by atoms with E-state index in [9.17, 15) is 4.79 Å². The highest BCUT2D eigenvalue weighted by Gasteiger charge is 2.30. The van der Waals surface area contributed by atoms with Gasteiger partial charge in [0.05, 0.1) is 6.04 Å². The van der Waals surface area contributed by atoms with Gasteiger partial charge in [-0.1, -0.05) is 11.8 Å². The summed E-state index contributed by atoms with van der Waals surface area (Å²) in [5.41, 5.74) is -0.466. The molecule has 7 heteroatoms. The van der Waals surface area contributed by atoms with Gasteiger partial charge in [-0.05, 0) is 52.4 Å². The van der Waals surface area contributed by atoms with Crippen molar-refractivity contribution < 1.29 is 9.53 Å². The van der Waals surface area contributed by atoms with Gasteiger partial charge in [0.15, 0.2) is 5.16 Å². The molecule has 1 atom stereocenters. The fraction of sp³-hybridized carbons (Fsp3) is 0.688. The van der Waals surface area contributed by atoms with E-state index in [1.165, 1.54) is 11.8 Å². The molecule has 1 saturated heterocycles. The Hall–Kier alpha value is -1.50. The van der Waals surface area contributed by atoms with Crippen LogP contribution in [0, 0.1) is 0 Å². The minimum Gasteiger partial charge on any atom is -0.444 e. The number of nitrogens with zero attached hydrogens (tertiary/aromatic N) is 3. The van der Waals surface area contributed by atoms with Gasteiger partial charge in [0.25, 0.3) is 0 Å². The molecule has 1 fully saturated rings. The van der Waals surface area contributed by atoms with Gasteiger partial charge < -0.3 is 15.0 Å². The van der Waals surface area contributed by atoms with E-state index in [2.05, 4.69) is 15.3 Å². The molecule has 0 radical (unpaired) electrons. The molecule has 128 valence electrons. The number of nitrogens with one attached hydrogen (secondary N) is 1. The molecule has 0 aromatic carbocycles. The summed E-state index contributed by atoms with van der Waals surface area (Å²) in [4.78, 5) is 22.8. The molecule has 0 saturated carbocycles. The molecule has 0 bridgehead atoms. The molecular formula is C16H26N4O2S. The average Bonchev–Trinajstić information content (AvgIpc) is 2.52. The van der Waals surface area contributed by atoms with Crippen LogP contribution in [0.2, 0.25) is 0 Å². The monoisotopic (exact) mass is 338 g/mol. The highest BCUT2D eigenvalue weighted by atomic mass is 32.2. The number of aromatic nitrogens is 2. The number of amides is 1. The van der Waals surface area contributed by atoms with E-state index in [1.54, 1.807) is 6.20 Å². The molecule has 1 aliphatic rings. The number of hydrogen-bond donors (Lipinski definition) is 1. The van der Waals surface area contributed by atoms with Crippen LogP contribution >= 0.6 is 11.8 Å². The number of ether oxygens (including phenoxy) is 1. The summed E-state index contributed by atoms with van der Waals surface area (Å²) in [5, 5.41) is 4.06. The minimum absolute atomic E-state index is 0.131. The number of anilines is 1. The third kappa shape index (κ3) is 5.57. The third-order valence-corrected chi connectivity index (χ3v) is 4.15. The molecular weight excluding hydrogens is 312 g/mol. The van der Waals surface area contributed by atoms with E-state index in [0.717, 1.165) is 36.8 Å². The maximum absolute atomic E-state index is 12.4. The van der Waals surface area contributed by atoms with Crippen LogP contribution in [0.4, 0.5) is 10.6 Å². The molecule has 1 amide bonds. The van der Waals surface area contributed by atoms with E-state index in [4.69, 9.17) is 4.74 Å². The summed E-state index contributed by atoms with van der Waals surface area (Å²) in [7, 11) is 0. The zero-order valence-corrected chi connectivity index (χ0v) is 15.2. The molecule has 1 aromatic heterocycles. The SMILES string of the molecule is CSc1nccc(NC[C@H]2CCCCN2C(=O)OC(C)(C)C)n1. The summed E-state index contributed by atoms with van der Waals surface area (Å²) in [6, 6.07) is 1.98. The Morgan fingerprint density at radius 1 is 1.48 bits per heavy atom. The van der Waals surface area contributed by atoms with E-state index < -0.39 is 5.60 Å². The number of hydrogen-bond acceptors (Lipinski definition) is 6. The maximum atomic E-state index is 12.4. The lowest BCUT2D eigenvalue weighted by Gasteiger charge is -2.36. The number of piperidine rings is 1. The van der Waals surface area contributed by atoms with Crippen molar-refractivity contribution >= 4 is 23.7 Å². The van der Waals surface area contributed by atoms with Crippen LogP contribution in [0.5, 0.6) is 0 Å². The first-order chi connectivity index (χ1) is 10.9. The molecule has 23 heavy (non-hydrogen) atoms. The van der Waals surface area contributed by atoms with Crippen LogP contribution in [0.1, 0.15) is 40.0 Å². The van der Waals surface area contributed by atoms with Gasteiger partial charge >= 0.3 is 6.09 Å². The molecule has 6 nitrogen and oxygen atoms in total. The van der Waals surface area contributed by atoms with Crippen LogP contribution in [0.25, 0.3) is 0 Å². The largest absolute Gasteiger partial charge is 0.444 e. The predicted octanol–water partition coefficient (Wildman–Crippen LogP) is 3.40. The first-order valence-electron chi connectivity index (χ1n) is 7.99. The number of likely N-dealkylation sites (tertiary alicyclic amines) is 1. The van der Waals surface area contributed by atoms with E-state index in [0.29, 0.717) is 6.54 Å². The van der Waals surface area contributed by atoms with Crippen molar-refractivity contribution in [1.82, 2.24) is 14.9 Å². The van der Waals surface area contributed by atoms with Gasteiger partial charge in [0, 0.05) is 19.3 Å². The van der Waals surface area contributed by atoms with Crippen molar-refractivity contribution in [3.8, 4) is 0 Å². The van der Waals surface area contributed by atoms with Crippen molar-refractivity contribution in [2.75, 3.05) is 24.7 Å². The molecule has 0 aliphatic carbocycles. The Labute approximate surface area is 142 Å². The number of rotatable bonds is 4. The quantitative estimate of drug-likeness (QED) is 0.670. The average molecular weight is 338 g/mol. The summed E-state index contributed by atoms with van der Waals surface area (Å²) < 4.78 is 5.53. The smallest absolute Gasteiger partial charge is 0.410 e. The lowest BCUT2D eigenvalue weighted by molar-refractivity contribution is 0.0114. The van der Waals surface area contributed by atoms with Crippen LogP contribution in [0.3, 0.4) is 0 Å². The maximum Gasteiger partial charge on any atom is 0.410 e. The summed E-state index contributed by atoms with van der Waals surface area (Å²) >= 11 is 1.51. The molecule has 2 rings (SSSR count). The Balaban J connectivity index is 1.96. The lowest BCUT2D eigenvalue weighted by atomic mass is 10.0. The van der Waals surface area contributed by atoms with Gasteiger partial charge in [-0.25, -0.2) is 14.8 Å². The van der Waals surface area contributed by atoms with Gasteiger partial charge in [-0.2, -0.15) is 0 Å². The van der Waals surface area contributed by atoms with Crippen LogP contribution < -0.4 is 5.32 Å². The normalized spacial score (nSPS) is 18.6. The summed E-state index contributed by atoms with van der Waals surface area (Å²) in [5.74, 6) is 0.791. The highest BCUT2D eigenvalue weighted by molar-refractivity contribution is 7.98. The van der Waals surface area contributed by atoms with Crippen LogP contribution in [0.15, 0.2) is 17.4 Å². The predicted molar refractivity (Wildman–Crippen MR) is 92.9 cm³/mol. The van der Waals surface area contributed by atoms with Crippen molar-refractivity contribution in [3.63, 3.8) is 0 Å². The minimum atomic E-state index is -0.466. The zero-order valence-electron chi connectivity index (χ0n) is 14.3. The second-order valence-corrected chi connectivity index (χ2v) is 7.41. The molecule has 0 unspecified atom stereocenters. The second-order valence-electron chi connectivity index (χ2n) is 6.63. The van der Waals surface area contributed by atoms with Gasteiger partial charge in [-0.15, -0.1) is 0 Å². The van der Waals surface area contributed by atoms with Crippen molar-refractivity contribution in [3.05, 3.63) is 12.3 Å². The van der Waals surface area contributed by atoms with Gasteiger partial charge in [0.1, 0.15) is 11.4 Å². The van der Waals surface area contributed by atoms with E-state index >= 15 is 0 Å². The summed E-state index contributed by atoms with van der Waals surface area (Å²) in [6.45, 7) is 7.11. The molecule has 1 aromatic rings. The summed E-state index contributed by atoms with van der Waals surface area (Å²) in [6.07, 6.45) is 6.60. The van der Waals surface area contributed by atoms with Crippen molar-refractivity contribution in [1.29, 1.82) is 0 Å². The van der Waals surface area contributed by atoms with E-state index in [-0.39, 0.29) is 12.1 Å². The highest BCUT2D eigenvalue weighted by Crippen LogP contribution is 2.21. The third-order valence-electron chi connectivity index (χ3n) is 3.59. The van der Waals surface area contributed by atoms with Crippen LogP contribution in [-0.2, 0) is 4.74 Å². The van der Waals surface area contributed by atoms with E-state index in [1.807, 2.05) is 38.0 Å². The topological polar surface area (TPSA) is 67.4 Å². The Morgan fingerprint density at radius 3 is 2.96 bits per heavy atom. The molecule has 0 spiro atoms. The Bertz CT molecular complexity index is 533. The Morgan fingerprint density at radius 2 is 2.26 bits per heavy atom. The van der Waals surface area contributed by atoms with Crippen LogP contribution in [-0.4, -0.2) is 51.9 Å². The first-order valence-corrected chi connectivity index (χ1v) is 9.22. The fourth-order valence-corrected chi connectivity index (χ4v) is 2.89. The molecule has 1 aliphatic heterocycles. The first kappa shape index (κ1) is 17.8. The molecule has 2 heterocycles. The van der Waals surface area contributed by atoms with Gasteiger partial charge in [-0.3, -0.25) is 0 Å². The molecule has 1 N–H and O–H groups in total. The zero-order chi connectivity index (χ0) is 16.9. The number of thioether (sulfide) groups is 1. The van der Waals surface area contributed by atoms with Crippen molar-refractivity contribution in [2.24, 2.45) is 0 Å². The van der Waals surface area contributed by atoms with Crippen molar-refractivity contribution in [2.45, 2.75) is 56.8 Å². The number of carbonyl (C=O) groups excluding carboxylic acids is 1. The lowest BCUT2D eigenvalue weighted by Crippen LogP contribution is -2.48. The second kappa shape index (κ2) is 7.86.